The molecule has 0 aliphatic heterocycles. The maximum Gasteiger partial charge on any atom is 0.00466 e. The summed E-state index contributed by atoms with van der Waals surface area (Å²) in [6, 6.07) is 0. The van der Waals surface area contributed by atoms with Crippen molar-refractivity contribution in [1.29, 1.82) is 0 Å². The lowest BCUT2D eigenvalue weighted by molar-refractivity contribution is 0.694. The van der Waals surface area contributed by atoms with Gasteiger partial charge in [-0.25, -0.2) is 0 Å². The van der Waals surface area contributed by atoms with Gasteiger partial charge in [-0.2, -0.15) is 0 Å². The number of hydrogen-bond donors (Lipinski definition) is 0. The van der Waals surface area contributed by atoms with Crippen LogP contribution in [0.25, 0.3) is 0 Å². The largest absolute Gasteiger partial charge is 0.278 e. The Morgan fingerprint density at radius 2 is 2.25 bits per heavy atom. The van der Waals surface area contributed by atoms with Crippen molar-refractivity contribution in [1.82, 2.24) is 0 Å². The third-order valence-corrected chi connectivity index (χ3v) is 0.433. The summed E-state index contributed by atoms with van der Waals surface area (Å²) in [7, 11) is 0. The molecule has 0 N–H and O–H groups in total. The SMILES string of the molecule is CC[SH2]=O. The summed E-state index contributed by atoms with van der Waals surface area (Å²) in [5, 5.41) is 0. The van der Waals surface area contributed by atoms with E-state index in [2.05, 4.69) is 0 Å². The Morgan fingerprint density at radius 3 is 2.25 bits per heavy atom. The highest BCUT2D eigenvalue weighted by Gasteiger charge is 1.47. The first-order chi connectivity index (χ1) is 1.91. The second-order valence-electron chi connectivity index (χ2n) is 0.498. The van der Waals surface area contributed by atoms with Crippen molar-refractivity contribution < 1.29 is 4.21 Å². The fourth-order valence-corrected chi connectivity index (χ4v) is 0. The van der Waals surface area contributed by atoms with Gasteiger partial charge in [-0.3, -0.25) is 4.21 Å². The molecule has 0 atom stereocenters. The smallest absolute Gasteiger partial charge is 0.00466 e. The molecule has 0 aromatic rings. The van der Waals surface area contributed by atoms with E-state index in [1.165, 1.54) is 0 Å². The summed E-state index contributed by atoms with van der Waals surface area (Å²) in [4.78, 5) is 0. The normalized spacial score (nSPS) is 10.2. The van der Waals surface area contributed by atoms with Crippen LogP contribution in [0.5, 0.6) is 0 Å². The summed E-state index contributed by atoms with van der Waals surface area (Å²) < 4.78 is 9.33. The summed E-state index contributed by atoms with van der Waals surface area (Å²) in [6.07, 6.45) is 0. The third-order valence-electron chi connectivity index (χ3n) is 0.144. The first-order valence-electron chi connectivity index (χ1n) is 1.26. The first-order valence-corrected chi connectivity index (χ1v) is 2.38. The zero-order valence-electron chi connectivity index (χ0n) is 2.62. The van der Waals surface area contributed by atoms with Crippen molar-refractivity contribution in [3.8, 4) is 0 Å². The van der Waals surface area contributed by atoms with Crippen LogP contribution >= 0.6 is 0 Å². The molecule has 4 heavy (non-hydrogen) atoms. The van der Waals surface area contributed by atoms with Crippen LogP contribution in [-0.4, -0.2) is 9.96 Å². The predicted octanol–water partition coefficient (Wildman–Crippen LogP) is -0.316. The maximum atomic E-state index is 9.33. The van der Waals surface area contributed by atoms with Crippen molar-refractivity contribution in [2.24, 2.45) is 0 Å². The van der Waals surface area contributed by atoms with Crippen molar-refractivity contribution in [3.63, 3.8) is 0 Å². The molecule has 0 saturated carbocycles. The van der Waals surface area contributed by atoms with Crippen molar-refractivity contribution in [2.45, 2.75) is 6.92 Å². The molecule has 0 aliphatic carbocycles. The van der Waals surface area contributed by atoms with E-state index in [0.29, 0.717) is 0 Å². The summed E-state index contributed by atoms with van der Waals surface area (Å²) in [5.41, 5.74) is 0. The molecule has 0 aliphatic rings. The highest BCUT2D eigenvalue weighted by Crippen LogP contribution is 1.44. The molecule has 0 spiro atoms. The van der Waals surface area contributed by atoms with Gasteiger partial charge in [0.05, 0.1) is 0 Å². The third kappa shape index (κ3) is 2.15. The van der Waals surface area contributed by atoms with Gasteiger partial charge in [-0.1, -0.05) is 18.6 Å². The average Bonchev–Trinajstić information content (AvgIpc) is 1.37. The zero-order valence-corrected chi connectivity index (χ0v) is 3.62. The molecule has 1 radical (unpaired) electrons. The Labute approximate surface area is 29.5 Å². The van der Waals surface area contributed by atoms with E-state index in [1.54, 1.807) is 0 Å². The van der Waals surface area contributed by atoms with Gasteiger partial charge < -0.3 is 0 Å². The van der Waals surface area contributed by atoms with Gasteiger partial charge in [-0.05, 0) is 0 Å². The van der Waals surface area contributed by atoms with Crippen LogP contribution in [0.1, 0.15) is 6.92 Å². The standard InChI is InChI=1S/C2H7OS/c1-2-4-3/h2,4H2,1H3. The molecule has 27 valence electrons. The van der Waals surface area contributed by atoms with E-state index in [-0.39, 0.29) is 11.7 Å². The predicted molar refractivity (Wildman–Crippen MR) is 21.5 cm³/mol. The van der Waals surface area contributed by atoms with Crippen LogP contribution in [0, 0.1) is 0 Å². The van der Waals surface area contributed by atoms with Crippen molar-refractivity contribution in [2.75, 3.05) is 5.75 Å². The Morgan fingerprint density at radius 1 is 2.00 bits per heavy atom. The minimum atomic E-state index is -0.110. The van der Waals surface area contributed by atoms with Gasteiger partial charge in [0.2, 0.25) is 0 Å². The van der Waals surface area contributed by atoms with Gasteiger partial charge in [0, 0.05) is 5.75 Å². The Hall–Kier alpha value is 0.150. The van der Waals surface area contributed by atoms with E-state index in [1.807, 2.05) is 6.92 Å². The van der Waals surface area contributed by atoms with E-state index in [4.69, 9.17) is 0 Å². The molecular formula is C2H7OS. The Bertz CT molecular complexity index is 20.0. The van der Waals surface area contributed by atoms with Crippen molar-refractivity contribution >= 4 is 11.7 Å². The average molecular weight is 79.1 g/mol. The monoisotopic (exact) mass is 79.0 g/mol. The highest BCUT2D eigenvalue weighted by molar-refractivity contribution is 7.65. The minimum Gasteiger partial charge on any atom is -0.278 e. The fraction of sp³-hybridized carbons (Fsp3) is 1.00. The molecule has 0 aromatic carbocycles. The van der Waals surface area contributed by atoms with Gasteiger partial charge in [-0.15, -0.1) is 0 Å². The van der Waals surface area contributed by atoms with Crippen LogP contribution < -0.4 is 0 Å². The summed E-state index contributed by atoms with van der Waals surface area (Å²) in [6.45, 7) is 1.88. The molecule has 0 amide bonds. The van der Waals surface area contributed by atoms with E-state index >= 15 is 0 Å². The topological polar surface area (TPSA) is 17.1 Å². The van der Waals surface area contributed by atoms with Gasteiger partial charge in [0.1, 0.15) is 0 Å². The van der Waals surface area contributed by atoms with Crippen molar-refractivity contribution in [3.05, 3.63) is 0 Å². The van der Waals surface area contributed by atoms with Gasteiger partial charge in [0.15, 0.2) is 0 Å². The zero-order chi connectivity index (χ0) is 3.41. The lowest BCUT2D eigenvalue weighted by atomic mass is 11.0. The highest BCUT2D eigenvalue weighted by atomic mass is 32.1. The maximum absolute atomic E-state index is 9.33. The molecule has 0 saturated heterocycles. The summed E-state index contributed by atoms with van der Waals surface area (Å²) >= 11 is -0.110. The van der Waals surface area contributed by atoms with E-state index < -0.39 is 0 Å². The molecule has 1 nitrogen and oxygen atoms in total. The van der Waals surface area contributed by atoms with Crippen LogP contribution in [-0.2, 0) is 11.7 Å². The lowest BCUT2D eigenvalue weighted by Gasteiger charge is -1.56. The van der Waals surface area contributed by atoms with Crippen LogP contribution in [0.4, 0.5) is 0 Å². The second kappa shape index (κ2) is 3.15. The molecule has 2 heteroatoms. The van der Waals surface area contributed by atoms with Crippen LogP contribution in [0.15, 0.2) is 0 Å². The molecule has 0 heterocycles. The second-order valence-corrected chi connectivity index (χ2v) is 1.49. The fourth-order valence-electron chi connectivity index (χ4n) is 0. The Kier molecular flexibility index (Phi) is 3.27. The minimum absolute atomic E-state index is 0.110. The molecule has 0 bridgehead atoms. The van der Waals surface area contributed by atoms with Crippen LogP contribution in [0.3, 0.4) is 0 Å². The summed E-state index contributed by atoms with van der Waals surface area (Å²) in [5.74, 6) is 0.792. The van der Waals surface area contributed by atoms with Gasteiger partial charge in [0.25, 0.3) is 0 Å². The molecule has 0 unspecified atom stereocenters. The number of hydrogen-bond acceptors (Lipinski definition) is 1. The quantitative estimate of drug-likeness (QED) is 0.421. The molecular weight excluding hydrogens is 72.1 g/mol. The molecule has 0 fully saturated rings. The first kappa shape index (κ1) is 4.15. The lowest BCUT2D eigenvalue weighted by Crippen LogP contribution is -1.60. The Balaban J connectivity index is 2.30. The molecule has 0 aromatic heterocycles. The van der Waals surface area contributed by atoms with E-state index in [0.717, 1.165) is 5.75 Å². The number of rotatable bonds is 1. The van der Waals surface area contributed by atoms with E-state index in [9.17, 15) is 4.21 Å². The molecule has 0 rings (SSSR count). The van der Waals surface area contributed by atoms with Crippen LogP contribution in [0.2, 0.25) is 0 Å². The van der Waals surface area contributed by atoms with Gasteiger partial charge >= 0.3 is 0 Å².